The highest BCUT2D eigenvalue weighted by molar-refractivity contribution is 7.99. The number of nitrogens with one attached hydrogen (secondary N) is 1. The Bertz CT molecular complexity index is 1190. The average molecular weight is 376 g/mol. The van der Waals surface area contributed by atoms with Crippen molar-refractivity contribution in [3.63, 3.8) is 0 Å². The van der Waals surface area contributed by atoms with Gasteiger partial charge in [0.25, 0.3) is 0 Å². The molecule has 9 heteroatoms. The first-order valence-corrected chi connectivity index (χ1v) is 9.22. The molecular formula is C18H12N6O2S. The van der Waals surface area contributed by atoms with Crippen molar-refractivity contribution in [3.05, 3.63) is 54.4 Å². The Balaban J connectivity index is 1.37. The molecule has 132 valence electrons. The second kappa shape index (κ2) is 5.58. The van der Waals surface area contributed by atoms with Gasteiger partial charge < -0.3 is 9.47 Å². The lowest BCUT2D eigenvalue weighted by Crippen LogP contribution is -2.28. The minimum Gasteiger partial charge on any atom is -0.485 e. The second-order valence-electron chi connectivity index (χ2n) is 6.12. The van der Waals surface area contributed by atoms with Crippen LogP contribution in [0.1, 0.15) is 11.9 Å². The largest absolute Gasteiger partial charge is 0.485 e. The number of aromatic nitrogens is 5. The molecule has 1 N–H and O–H groups in total. The number of hydrogen-bond donors (Lipinski definition) is 1. The summed E-state index contributed by atoms with van der Waals surface area (Å²) in [6.07, 6.45) is -0.371. The third-order valence-electron chi connectivity index (χ3n) is 4.40. The zero-order valence-corrected chi connectivity index (χ0v) is 14.7. The summed E-state index contributed by atoms with van der Waals surface area (Å²) in [4.78, 5) is 9.34. The third kappa shape index (κ3) is 2.32. The standard InChI is InChI=1S/C18H12N6O2S/c1-2-6-11-10(5-1)19-15-17(20-11)27-18-22-21-16(24(18)23-15)14-9-25-12-7-3-4-8-13(12)26-14/h1-8,14H,9H2,(H,19,23). The van der Waals surface area contributed by atoms with Gasteiger partial charge in [0.15, 0.2) is 29.2 Å². The van der Waals surface area contributed by atoms with E-state index in [1.165, 1.54) is 11.8 Å². The zero-order chi connectivity index (χ0) is 17.8. The van der Waals surface area contributed by atoms with Crippen LogP contribution in [0.5, 0.6) is 11.5 Å². The van der Waals surface area contributed by atoms with Crippen LogP contribution in [0.2, 0.25) is 0 Å². The Labute approximate surface area is 157 Å². The summed E-state index contributed by atoms with van der Waals surface area (Å²) >= 11 is 1.42. The molecule has 0 amide bonds. The van der Waals surface area contributed by atoms with Crippen molar-refractivity contribution in [1.29, 1.82) is 0 Å². The molecule has 8 nitrogen and oxygen atoms in total. The summed E-state index contributed by atoms with van der Waals surface area (Å²) in [6.45, 7) is 0.359. The molecule has 2 aromatic carbocycles. The van der Waals surface area contributed by atoms with Crippen LogP contribution in [0.4, 0.5) is 5.82 Å². The van der Waals surface area contributed by atoms with E-state index in [-0.39, 0.29) is 6.10 Å². The smallest absolute Gasteiger partial charge is 0.216 e. The average Bonchev–Trinajstić information content (AvgIpc) is 3.12. The molecule has 0 aliphatic carbocycles. The van der Waals surface area contributed by atoms with E-state index in [0.717, 1.165) is 21.8 Å². The highest BCUT2D eigenvalue weighted by atomic mass is 32.2. The lowest BCUT2D eigenvalue weighted by Gasteiger charge is -2.27. The molecule has 27 heavy (non-hydrogen) atoms. The van der Waals surface area contributed by atoms with Gasteiger partial charge in [-0.1, -0.05) is 24.3 Å². The SMILES string of the molecule is c1ccc2c(c1)OCC(c1nnc3n1Nc1nc4ccccc4nc1S3)O2. The van der Waals surface area contributed by atoms with Crippen LogP contribution in [-0.4, -0.2) is 31.4 Å². The molecular weight excluding hydrogens is 364 g/mol. The van der Waals surface area contributed by atoms with Gasteiger partial charge in [-0.15, -0.1) is 10.2 Å². The van der Waals surface area contributed by atoms with Crippen molar-refractivity contribution in [1.82, 2.24) is 24.8 Å². The highest BCUT2D eigenvalue weighted by Crippen LogP contribution is 2.39. The molecule has 0 spiro atoms. The Kier molecular flexibility index (Phi) is 3.06. The summed E-state index contributed by atoms with van der Waals surface area (Å²) in [6, 6.07) is 15.4. The fourth-order valence-electron chi connectivity index (χ4n) is 3.13. The number of fused-ring (bicyclic) bond motifs is 4. The van der Waals surface area contributed by atoms with Gasteiger partial charge in [0.2, 0.25) is 5.16 Å². The molecule has 0 saturated heterocycles. The van der Waals surface area contributed by atoms with Gasteiger partial charge in [-0.25, -0.2) is 14.6 Å². The molecule has 2 aliphatic rings. The lowest BCUT2D eigenvalue weighted by atomic mass is 10.2. The van der Waals surface area contributed by atoms with E-state index in [0.29, 0.717) is 29.2 Å². The topological polar surface area (TPSA) is 87.0 Å². The molecule has 1 atom stereocenters. The van der Waals surface area contributed by atoms with Crippen LogP contribution in [0.15, 0.2) is 58.7 Å². The first-order chi connectivity index (χ1) is 13.3. The van der Waals surface area contributed by atoms with E-state index in [1.54, 1.807) is 4.68 Å². The van der Waals surface area contributed by atoms with Gasteiger partial charge in [0, 0.05) is 0 Å². The second-order valence-corrected chi connectivity index (χ2v) is 7.08. The van der Waals surface area contributed by atoms with E-state index in [9.17, 15) is 0 Å². The number of nitrogens with zero attached hydrogens (tertiary/aromatic N) is 5. The molecule has 0 saturated carbocycles. The van der Waals surface area contributed by atoms with Crippen molar-refractivity contribution >= 4 is 28.6 Å². The summed E-state index contributed by atoms with van der Waals surface area (Å²) in [5, 5.41) is 10.0. The van der Waals surface area contributed by atoms with Crippen LogP contribution in [0.3, 0.4) is 0 Å². The summed E-state index contributed by atoms with van der Waals surface area (Å²) in [5.41, 5.74) is 4.94. The maximum atomic E-state index is 6.07. The normalized spacial score (nSPS) is 17.1. The summed E-state index contributed by atoms with van der Waals surface area (Å²) in [7, 11) is 0. The molecule has 0 radical (unpaired) electrons. The van der Waals surface area contributed by atoms with Crippen LogP contribution in [-0.2, 0) is 0 Å². The quantitative estimate of drug-likeness (QED) is 0.478. The number of benzene rings is 2. The molecule has 6 rings (SSSR count). The molecule has 4 aromatic rings. The first-order valence-electron chi connectivity index (χ1n) is 8.40. The van der Waals surface area contributed by atoms with Gasteiger partial charge >= 0.3 is 0 Å². The third-order valence-corrected chi connectivity index (χ3v) is 5.32. The van der Waals surface area contributed by atoms with E-state index in [4.69, 9.17) is 9.47 Å². The first kappa shape index (κ1) is 14.8. The van der Waals surface area contributed by atoms with Gasteiger partial charge in [-0.05, 0) is 36.0 Å². The number of rotatable bonds is 1. The summed E-state index contributed by atoms with van der Waals surface area (Å²) in [5.74, 6) is 2.73. The lowest BCUT2D eigenvalue weighted by molar-refractivity contribution is 0.0829. The van der Waals surface area contributed by atoms with E-state index in [1.807, 2.05) is 48.5 Å². The molecule has 2 aliphatic heterocycles. The monoisotopic (exact) mass is 376 g/mol. The number of ether oxygens (including phenoxy) is 2. The van der Waals surface area contributed by atoms with Gasteiger partial charge in [-0.2, -0.15) is 0 Å². The van der Waals surface area contributed by atoms with Crippen molar-refractivity contribution < 1.29 is 9.47 Å². The van der Waals surface area contributed by atoms with Gasteiger partial charge in [0.05, 0.1) is 11.0 Å². The Morgan fingerprint density at radius 1 is 0.963 bits per heavy atom. The Morgan fingerprint density at radius 3 is 2.63 bits per heavy atom. The predicted molar refractivity (Wildman–Crippen MR) is 98.0 cm³/mol. The molecule has 0 fully saturated rings. The zero-order valence-electron chi connectivity index (χ0n) is 13.9. The van der Waals surface area contributed by atoms with Crippen LogP contribution in [0.25, 0.3) is 11.0 Å². The Hall–Kier alpha value is -3.33. The molecule has 2 aromatic heterocycles. The minimum absolute atomic E-state index is 0.359. The fourth-order valence-corrected chi connectivity index (χ4v) is 3.94. The van der Waals surface area contributed by atoms with Crippen molar-refractivity contribution in [2.24, 2.45) is 0 Å². The fraction of sp³-hybridized carbons (Fsp3) is 0.111. The van der Waals surface area contributed by atoms with E-state index < -0.39 is 0 Å². The van der Waals surface area contributed by atoms with Crippen molar-refractivity contribution in [3.8, 4) is 11.5 Å². The molecule has 4 heterocycles. The predicted octanol–water partition coefficient (Wildman–Crippen LogP) is 3.07. The maximum Gasteiger partial charge on any atom is 0.216 e. The van der Waals surface area contributed by atoms with Crippen LogP contribution < -0.4 is 14.9 Å². The number of anilines is 1. The Morgan fingerprint density at radius 2 is 1.74 bits per heavy atom. The molecule has 0 bridgehead atoms. The van der Waals surface area contributed by atoms with E-state index >= 15 is 0 Å². The van der Waals surface area contributed by atoms with Gasteiger partial charge in [0.1, 0.15) is 11.6 Å². The van der Waals surface area contributed by atoms with Crippen molar-refractivity contribution in [2.75, 3.05) is 12.0 Å². The minimum atomic E-state index is -0.371. The maximum absolute atomic E-state index is 6.07. The summed E-state index contributed by atoms with van der Waals surface area (Å²) < 4.78 is 13.7. The van der Waals surface area contributed by atoms with Gasteiger partial charge in [-0.3, -0.25) is 5.43 Å². The van der Waals surface area contributed by atoms with Crippen LogP contribution in [0, 0.1) is 0 Å². The molecule has 1 unspecified atom stereocenters. The van der Waals surface area contributed by atoms with Crippen molar-refractivity contribution in [2.45, 2.75) is 16.3 Å². The van der Waals surface area contributed by atoms with Crippen LogP contribution >= 0.6 is 11.8 Å². The number of para-hydroxylation sites is 4. The highest BCUT2D eigenvalue weighted by Gasteiger charge is 2.31. The number of hydrogen-bond acceptors (Lipinski definition) is 8. The van der Waals surface area contributed by atoms with E-state index in [2.05, 4.69) is 25.6 Å².